The monoisotopic (exact) mass is 300 g/mol. The zero-order valence-corrected chi connectivity index (χ0v) is 12.6. The summed E-state index contributed by atoms with van der Waals surface area (Å²) in [5, 5.41) is 2.77. The van der Waals surface area contributed by atoms with Gasteiger partial charge in [-0.05, 0) is 26.0 Å². The van der Waals surface area contributed by atoms with Crippen LogP contribution in [0.2, 0.25) is 0 Å². The van der Waals surface area contributed by atoms with Crippen molar-refractivity contribution in [1.82, 2.24) is 4.98 Å². The van der Waals surface area contributed by atoms with E-state index in [-0.39, 0.29) is 18.3 Å². The number of ether oxygens (including phenoxy) is 1. The number of halogens is 1. The van der Waals surface area contributed by atoms with Gasteiger partial charge in [-0.3, -0.25) is 4.79 Å². The van der Waals surface area contributed by atoms with Gasteiger partial charge in [-0.1, -0.05) is 0 Å². The number of carbonyl (C=O) groups is 1. The molecule has 1 aliphatic heterocycles. The zero-order valence-electron chi connectivity index (χ0n) is 11.8. The van der Waals surface area contributed by atoms with Crippen LogP contribution in [0.25, 0.3) is 0 Å². The molecule has 20 heavy (non-hydrogen) atoms. The van der Waals surface area contributed by atoms with E-state index in [1.54, 1.807) is 6.92 Å². The van der Waals surface area contributed by atoms with E-state index >= 15 is 0 Å². The summed E-state index contributed by atoms with van der Waals surface area (Å²) in [7, 11) is 0. The van der Waals surface area contributed by atoms with Gasteiger partial charge in [0.25, 0.3) is 0 Å². The quantitative estimate of drug-likeness (QED) is 0.868. The Labute approximate surface area is 125 Å². The number of morpholine rings is 1. The molecule has 1 amide bonds. The fourth-order valence-electron chi connectivity index (χ4n) is 1.90. The Hall–Kier alpha value is -1.37. The van der Waals surface area contributed by atoms with Crippen molar-refractivity contribution in [2.75, 3.05) is 36.5 Å². The molecule has 7 heteroatoms. The summed E-state index contributed by atoms with van der Waals surface area (Å²) in [4.78, 5) is 18.3. The Morgan fingerprint density at radius 3 is 2.65 bits per heavy atom. The van der Waals surface area contributed by atoms with Crippen LogP contribution in [0.15, 0.2) is 12.1 Å². The summed E-state index contributed by atoms with van der Waals surface area (Å²) >= 11 is 0. The molecule has 0 aliphatic carbocycles. The number of rotatable bonds is 3. The van der Waals surface area contributed by atoms with Gasteiger partial charge in [0, 0.05) is 13.1 Å². The number of hydrogen-bond acceptors (Lipinski definition) is 5. The van der Waals surface area contributed by atoms with Crippen molar-refractivity contribution in [1.29, 1.82) is 0 Å². The Morgan fingerprint density at radius 2 is 2.10 bits per heavy atom. The largest absolute Gasteiger partial charge is 0.378 e. The highest BCUT2D eigenvalue weighted by Gasteiger charge is 2.14. The van der Waals surface area contributed by atoms with Crippen LogP contribution in [0.1, 0.15) is 12.6 Å². The standard InChI is InChI=1S/C13H20N4O2.ClH/c1-9(14)13(18)16-11-3-4-12(15-10(11)2)17-5-7-19-8-6-17;/h3-4,9H,5-8,14H2,1-2H3,(H,16,18);1H. The van der Waals surface area contributed by atoms with Crippen molar-refractivity contribution in [2.24, 2.45) is 5.73 Å². The summed E-state index contributed by atoms with van der Waals surface area (Å²) in [6.45, 7) is 6.67. The van der Waals surface area contributed by atoms with Gasteiger partial charge in [0.15, 0.2) is 0 Å². The molecule has 1 atom stereocenters. The van der Waals surface area contributed by atoms with Gasteiger partial charge in [0.05, 0.1) is 30.6 Å². The summed E-state index contributed by atoms with van der Waals surface area (Å²) in [6, 6.07) is 3.25. The first-order valence-electron chi connectivity index (χ1n) is 6.44. The van der Waals surface area contributed by atoms with Crippen molar-refractivity contribution in [3.8, 4) is 0 Å². The predicted octanol–water partition coefficient (Wildman–Crippen LogP) is 0.934. The molecule has 1 unspecified atom stereocenters. The summed E-state index contributed by atoms with van der Waals surface area (Å²) < 4.78 is 5.31. The van der Waals surface area contributed by atoms with Gasteiger partial charge in [-0.25, -0.2) is 4.98 Å². The van der Waals surface area contributed by atoms with Crippen molar-refractivity contribution in [3.05, 3.63) is 17.8 Å². The molecule has 1 aromatic rings. The van der Waals surface area contributed by atoms with Crippen LogP contribution in [-0.2, 0) is 9.53 Å². The van der Waals surface area contributed by atoms with Crippen LogP contribution in [-0.4, -0.2) is 43.2 Å². The first kappa shape index (κ1) is 16.7. The molecular weight excluding hydrogens is 280 g/mol. The number of nitrogens with two attached hydrogens (primary N) is 1. The van der Waals surface area contributed by atoms with Crippen LogP contribution in [0.5, 0.6) is 0 Å². The smallest absolute Gasteiger partial charge is 0.241 e. The lowest BCUT2D eigenvalue weighted by Crippen LogP contribution is -2.37. The summed E-state index contributed by atoms with van der Waals surface area (Å²) in [5.74, 6) is 0.712. The number of pyridine rings is 1. The molecule has 0 saturated carbocycles. The minimum absolute atomic E-state index is 0. The van der Waals surface area contributed by atoms with E-state index in [0.717, 1.165) is 37.8 Å². The minimum Gasteiger partial charge on any atom is -0.378 e. The molecule has 0 radical (unpaired) electrons. The number of anilines is 2. The van der Waals surface area contributed by atoms with E-state index in [1.807, 2.05) is 19.1 Å². The third-order valence-electron chi connectivity index (χ3n) is 3.08. The molecule has 2 heterocycles. The van der Waals surface area contributed by atoms with Crippen molar-refractivity contribution < 1.29 is 9.53 Å². The minimum atomic E-state index is -0.529. The van der Waals surface area contributed by atoms with Gasteiger partial charge in [-0.2, -0.15) is 0 Å². The molecule has 2 rings (SSSR count). The number of aromatic nitrogens is 1. The molecule has 1 fully saturated rings. The third kappa shape index (κ3) is 4.06. The third-order valence-corrected chi connectivity index (χ3v) is 3.08. The fourth-order valence-corrected chi connectivity index (χ4v) is 1.90. The average molecular weight is 301 g/mol. The lowest BCUT2D eigenvalue weighted by molar-refractivity contribution is -0.117. The van der Waals surface area contributed by atoms with Crippen LogP contribution in [0, 0.1) is 6.92 Å². The van der Waals surface area contributed by atoms with Gasteiger partial charge in [0.1, 0.15) is 5.82 Å². The molecule has 1 aromatic heterocycles. The van der Waals surface area contributed by atoms with E-state index < -0.39 is 6.04 Å². The van der Waals surface area contributed by atoms with E-state index in [1.165, 1.54) is 0 Å². The number of hydrogen-bond donors (Lipinski definition) is 2. The van der Waals surface area contributed by atoms with Crippen molar-refractivity contribution >= 4 is 29.8 Å². The summed E-state index contributed by atoms with van der Waals surface area (Å²) in [6.07, 6.45) is 0. The van der Waals surface area contributed by atoms with E-state index in [4.69, 9.17) is 10.5 Å². The Balaban J connectivity index is 0.00000200. The number of carbonyl (C=O) groups excluding carboxylic acids is 1. The Morgan fingerprint density at radius 1 is 1.45 bits per heavy atom. The number of aryl methyl sites for hydroxylation is 1. The molecular formula is C13H21ClN4O2. The van der Waals surface area contributed by atoms with Gasteiger partial charge < -0.3 is 20.7 Å². The number of nitrogens with one attached hydrogen (secondary N) is 1. The zero-order chi connectivity index (χ0) is 13.8. The molecule has 1 saturated heterocycles. The molecule has 0 aromatic carbocycles. The highest BCUT2D eigenvalue weighted by Crippen LogP contribution is 2.19. The van der Waals surface area contributed by atoms with Crippen molar-refractivity contribution in [2.45, 2.75) is 19.9 Å². The second kappa shape index (κ2) is 7.42. The highest BCUT2D eigenvalue weighted by atomic mass is 35.5. The molecule has 0 spiro atoms. The predicted molar refractivity (Wildman–Crippen MR) is 81.5 cm³/mol. The Kier molecular flexibility index (Phi) is 6.19. The lowest BCUT2D eigenvalue weighted by Gasteiger charge is -2.28. The van der Waals surface area contributed by atoms with Crippen LogP contribution in [0.3, 0.4) is 0 Å². The van der Waals surface area contributed by atoms with E-state index in [2.05, 4.69) is 15.2 Å². The second-order valence-corrected chi connectivity index (χ2v) is 4.68. The molecule has 6 nitrogen and oxygen atoms in total. The van der Waals surface area contributed by atoms with Crippen molar-refractivity contribution in [3.63, 3.8) is 0 Å². The first-order valence-corrected chi connectivity index (χ1v) is 6.44. The first-order chi connectivity index (χ1) is 9.08. The highest BCUT2D eigenvalue weighted by molar-refractivity contribution is 5.94. The number of nitrogens with zero attached hydrogens (tertiary/aromatic N) is 2. The molecule has 0 bridgehead atoms. The van der Waals surface area contributed by atoms with E-state index in [9.17, 15) is 4.79 Å². The SMILES string of the molecule is Cc1nc(N2CCOCC2)ccc1NC(=O)C(C)N.Cl. The van der Waals surface area contributed by atoms with Crippen LogP contribution in [0.4, 0.5) is 11.5 Å². The van der Waals surface area contributed by atoms with Gasteiger partial charge in [-0.15, -0.1) is 12.4 Å². The van der Waals surface area contributed by atoms with E-state index in [0.29, 0.717) is 5.69 Å². The maximum absolute atomic E-state index is 11.6. The topological polar surface area (TPSA) is 80.5 Å². The molecule has 1 aliphatic rings. The van der Waals surface area contributed by atoms with Gasteiger partial charge in [0.2, 0.25) is 5.91 Å². The van der Waals surface area contributed by atoms with Crippen LogP contribution >= 0.6 is 12.4 Å². The summed E-state index contributed by atoms with van der Waals surface area (Å²) in [5.41, 5.74) is 7.02. The normalized spacial score (nSPS) is 16.2. The van der Waals surface area contributed by atoms with Crippen LogP contribution < -0.4 is 16.0 Å². The molecule has 3 N–H and O–H groups in total. The maximum atomic E-state index is 11.6. The maximum Gasteiger partial charge on any atom is 0.241 e. The average Bonchev–Trinajstić information content (AvgIpc) is 2.41. The van der Waals surface area contributed by atoms with Gasteiger partial charge >= 0.3 is 0 Å². The second-order valence-electron chi connectivity index (χ2n) is 4.68. The molecule has 112 valence electrons. The fraction of sp³-hybridized carbons (Fsp3) is 0.538. The lowest BCUT2D eigenvalue weighted by atomic mass is 10.2. The Bertz CT molecular complexity index is 462. The number of amides is 1.